The molecule has 2 aromatic heterocycles. The summed E-state index contributed by atoms with van der Waals surface area (Å²) in [5.74, 6) is 0.580. The van der Waals surface area contributed by atoms with E-state index in [0.29, 0.717) is 5.78 Å². The van der Waals surface area contributed by atoms with E-state index in [9.17, 15) is 4.79 Å². The summed E-state index contributed by atoms with van der Waals surface area (Å²) < 4.78 is 0. The molecule has 2 aliphatic carbocycles. The van der Waals surface area contributed by atoms with Crippen molar-refractivity contribution >= 4 is 34.0 Å². The fraction of sp³-hybridized carbons (Fsp3) is 0.281. The molecule has 36 heavy (non-hydrogen) atoms. The molecule has 1 nitrogen and oxygen atoms in total. The van der Waals surface area contributed by atoms with Crippen LogP contribution < -0.4 is 18.9 Å². The van der Waals surface area contributed by atoms with E-state index in [1.165, 1.54) is 48.0 Å². The Balaban J connectivity index is 0.000000165. The molecule has 0 aliphatic heterocycles. The van der Waals surface area contributed by atoms with Crippen LogP contribution in [0.4, 0.5) is 0 Å². The van der Waals surface area contributed by atoms with Crippen LogP contribution in [0.3, 0.4) is 0 Å². The molecule has 1 atom stereocenters. The van der Waals surface area contributed by atoms with Gasteiger partial charge in [0.25, 0.3) is 0 Å². The largest absolute Gasteiger partial charge is 1.00 e. The zero-order chi connectivity index (χ0) is 25.1. The molecule has 0 fully saturated rings. The van der Waals surface area contributed by atoms with E-state index in [2.05, 4.69) is 71.0 Å². The summed E-state index contributed by atoms with van der Waals surface area (Å²) in [6, 6.07) is 23.3. The molecule has 180 valence electrons. The van der Waals surface area contributed by atoms with Gasteiger partial charge in [0.05, 0.1) is 4.88 Å². The second kappa shape index (κ2) is 12.4. The summed E-state index contributed by atoms with van der Waals surface area (Å²) in [5.41, 5.74) is 10.1. The van der Waals surface area contributed by atoms with Crippen LogP contribution in [0, 0.1) is 39.7 Å². The molecule has 4 heteroatoms. The number of allylic oxidation sites excluding steroid dienone is 1. The van der Waals surface area contributed by atoms with E-state index in [1.54, 1.807) is 16.9 Å². The summed E-state index contributed by atoms with van der Waals surface area (Å²) in [7, 11) is 0. The maximum absolute atomic E-state index is 11.6. The Morgan fingerprint density at radius 2 is 1.33 bits per heavy atom. The third-order valence-corrected chi connectivity index (χ3v) is 9.50. The zero-order valence-corrected chi connectivity index (χ0v) is 24.1. The first-order valence-corrected chi connectivity index (χ1v) is 13.8. The number of fused-ring (bicyclic) bond motifs is 2. The van der Waals surface area contributed by atoms with Gasteiger partial charge in [-0.05, 0) is 80.9 Å². The summed E-state index contributed by atoms with van der Waals surface area (Å²) in [4.78, 5) is 16.9. The van der Waals surface area contributed by atoms with Crippen LogP contribution in [0.1, 0.15) is 66.0 Å². The number of hydrogen-bond acceptors (Lipinski definition) is 3. The molecular formula is C32H33LiOS2. The van der Waals surface area contributed by atoms with Gasteiger partial charge >= 0.3 is 18.9 Å². The molecule has 0 spiro atoms. The number of benzene rings is 2. The van der Waals surface area contributed by atoms with Crippen molar-refractivity contribution in [3.8, 4) is 0 Å². The first kappa shape index (κ1) is 28.4. The molecule has 0 amide bonds. The average Bonchev–Trinajstić information content (AvgIpc) is 3.53. The molecule has 0 saturated heterocycles. The molecular weight excluding hydrogens is 471 g/mol. The van der Waals surface area contributed by atoms with E-state index < -0.39 is 0 Å². The SMILES string of the molecule is CC1=C(c2ccccc2)c2sc(C)c(C)c2C1.Cc1sc2c(c1C)CC(C)C2=O.[Li+].[c-]1ccccc1. The van der Waals surface area contributed by atoms with Crippen molar-refractivity contribution in [1.29, 1.82) is 0 Å². The van der Waals surface area contributed by atoms with Gasteiger partial charge < -0.3 is 0 Å². The molecule has 0 N–H and O–H groups in total. The third kappa shape index (κ3) is 5.87. The number of rotatable bonds is 1. The van der Waals surface area contributed by atoms with Gasteiger partial charge in [0, 0.05) is 20.5 Å². The van der Waals surface area contributed by atoms with Crippen molar-refractivity contribution < 1.29 is 23.7 Å². The van der Waals surface area contributed by atoms with E-state index in [4.69, 9.17) is 0 Å². The van der Waals surface area contributed by atoms with E-state index in [-0.39, 0.29) is 24.8 Å². The first-order valence-electron chi connectivity index (χ1n) is 12.2. The van der Waals surface area contributed by atoms with Crippen LogP contribution in [-0.2, 0) is 12.8 Å². The second-order valence-electron chi connectivity index (χ2n) is 9.43. The second-order valence-corrected chi connectivity index (χ2v) is 11.9. The first-order chi connectivity index (χ1) is 16.8. The maximum atomic E-state index is 11.6. The molecule has 6 rings (SSSR count). The van der Waals surface area contributed by atoms with Crippen LogP contribution >= 0.6 is 22.7 Å². The van der Waals surface area contributed by atoms with Crippen LogP contribution in [0.2, 0.25) is 0 Å². The fourth-order valence-electron chi connectivity index (χ4n) is 4.70. The van der Waals surface area contributed by atoms with Gasteiger partial charge in [-0.1, -0.05) is 42.8 Å². The van der Waals surface area contributed by atoms with E-state index in [0.717, 1.165) is 17.7 Å². The standard InChI is InChI=1S/C16H16S.C10H12OS.C6H5.Li/c1-10-9-14-11(2)12(3)17-16(14)15(10)13-7-5-4-6-8-13;1-5-4-8-6(2)7(3)12-10(8)9(5)11;1-2-4-6-5-3-1;/h4-8H,9H2,1-3H3;5H,4H2,1-3H3;1-5H;/q;;-1;+1. The van der Waals surface area contributed by atoms with Crippen molar-refractivity contribution in [3.05, 3.63) is 120 Å². The van der Waals surface area contributed by atoms with Crippen LogP contribution in [0.25, 0.3) is 5.57 Å². The molecule has 0 bridgehead atoms. The number of carbonyl (C=O) groups excluding carboxylic acids is 1. The van der Waals surface area contributed by atoms with Crippen LogP contribution in [0.5, 0.6) is 0 Å². The minimum Gasteiger partial charge on any atom is -0.293 e. The van der Waals surface area contributed by atoms with E-state index in [1.807, 2.05) is 48.6 Å². The van der Waals surface area contributed by atoms with Crippen molar-refractivity contribution in [2.75, 3.05) is 0 Å². The number of aryl methyl sites for hydroxylation is 2. The predicted molar refractivity (Wildman–Crippen MR) is 152 cm³/mol. The number of thiophene rings is 2. The van der Waals surface area contributed by atoms with Crippen molar-refractivity contribution in [2.24, 2.45) is 5.92 Å². The van der Waals surface area contributed by atoms with Crippen LogP contribution in [0.15, 0.2) is 66.2 Å². The quantitative estimate of drug-likeness (QED) is 0.230. The average molecular weight is 505 g/mol. The Hall–Kier alpha value is -2.15. The van der Waals surface area contributed by atoms with Gasteiger partial charge in [0.15, 0.2) is 5.78 Å². The fourth-order valence-corrected chi connectivity index (χ4v) is 7.27. The van der Waals surface area contributed by atoms with Gasteiger partial charge in [-0.25, -0.2) is 0 Å². The zero-order valence-electron chi connectivity index (χ0n) is 22.5. The van der Waals surface area contributed by atoms with Crippen molar-refractivity contribution in [3.63, 3.8) is 0 Å². The predicted octanol–water partition coefficient (Wildman–Crippen LogP) is 5.97. The normalized spacial score (nSPS) is 15.3. The van der Waals surface area contributed by atoms with E-state index >= 15 is 0 Å². The molecule has 0 radical (unpaired) electrons. The minimum atomic E-state index is 0. The summed E-state index contributed by atoms with van der Waals surface area (Å²) in [6.45, 7) is 13.0. The molecule has 1 unspecified atom stereocenters. The summed E-state index contributed by atoms with van der Waals surface area (Å²) in [6.07, 6.45) is 2.10. The van der Waals surface area contributed by atoms with Crippen LogP contribution in [-0.4, -0.2) is 5.78 Å². The molecule has 2 aromatic carbocycles. The van der Waals surface area contributed by atoms with Crippen molar-refractivity contribution in [2.45, 2.75) is 54.4 Å². The van der Waals surface area contributed by atoms with Gasteiger partial charge in [0.2, 0.25) is 0 Å². The summed E-state index contributed by atoms with van der Waals surface area (Å²) >= 11 is 3.62. The molecule has 0 saturated carbocycles. The Kier molecular flexibility index (Phi) is 9.78. The molecule has 2 aliphatic rings. The number of carbonyl (C=O) groups is 1. The number of hydrogen-bond donors (Lipinski definition) is 0. The molecule has 4 aromatic rings. The Morgan fingerprint density at radius 1 is 0.778 bits per heavy atom. The minimum absolute atomic E-state index is 0. The smallest absolute Gasteiger partial charge is 0.293 e. The number of ketones is 1. The Labute approximate surface area is 236 Å². The van der Waals surface area contributed by atoms with Gasteiger partial charge in [0.1, 0.15) is 0 Å². The maximum Gasteiger partial charge on any atom is 1.00 e. The molecule has 2 heterocycles. The van der Waals surface area contributed by atoms with Gasteiger partial charge in [-0.2, -0.15) is 36.4 Å². The topological polar surface area (TPSA) is 17.1 Å². The number of Topliss-reactive ketones (excluding diaryl/α,β-unsaturated/α-hetero) is 1. The summed E-state index contributed by atoms with van der Waals surface area (Å²) in [5, 5.41) is 0. The van der Waals surface area contributed by atoms with Gasteiger partial charge in [-0.15, -0.1) is 22.7 Å². The van der Waals surface area contributed by atoms with Gasteiger partial charge in [-0.3, -0.25) is 4.79 Å². The Bertz CT molecular complexity index is 1330. The Morgan fingerprint density at radius 3 is 1.86 bits per heavy atom. The monoisotopic (exact) mass is 504 g/mol. The van der Waals surface area contributed by atoms with Crippen molar-refractivity contribution in [1.82, 2.24) is 0 Å². The third-order valence-electron chi connectivity index (χ3n) is 6.97.